The van der Waals surface area contributed by atoms with Gasteiger partial charge in [0.2, 0.25) is 5.91 Å². The summed E-state index contributed by atoms with van der Waals surface area (Å²) >= 11 is 3.53. The van der Waals surface area contributed by atoms with Gasteiger partial charge in [-0.2, -0.15) is 0 Å². The summed E-state index contributed by atoms with van der Waals surface area (Å²) in [6.07, 6.45) is 3.21. The summed E-state index contributed by atoms with van der Waals surface area (Å²) in [5.41, 5.74) is 0.742. The van der Waals surface area contributed by atoms with E-state index in [1.54, 1.807) is 0 Å². The molecule has 3 nitrogen and oxygen atoms in total. The van der Waals surface area contributed by atoms with Gasteiger partial charge in [0, 0.05) is 18.1 Å². The number of piperidine rings is 1. The largest absolute Gasteiger partial charge is 0.340 e. The van der Waals surface area contributed by atoms with Gasteiger partial charge in [-0.3, -0.25) is 4.79 Å². The highest BCUT2D eigenvalue weighted by Crippen LogP contribution is 2.23. The van der Waals surface area contributed by atoms with Crippen molar-refractivity contribution < 1.29 is 4.79 Å². The van der Waals surface area contributed by atoms with E-state index in [0.29, 0.717) is 6.54 Å². The monoisotopic (exact) mass is 360 g/mol. The number of amides is 1. The molecule has 1 saturated heterocycles. The number of hydrogen-bond acceptors (Lipinski definition) is 2. The molecule has 20 heavy (non-hydrogen) atoms. The Balaban J connectivity index is 0.00000200. The minimum absolute atomic E-state index is 0. The molecule has 1 aliphatic rings. The van der Waals surface area contributed by atoms with Crippen LogP contribution in [0.25, 0.3) is 0 Å². The van der Waals surface area contributed by atoms with E-state index in [1.807, 2.05) is 43.1 Å². The Bertz CT molecular complexity index is 461. The lowest BCUT2D eigenvalue weighted by Crippen LogP contribution is -2.57. The average Bonchev–Trinajstić information content (AvgIpc) is 2.41. The first-order valence-electron chi connectivity index (χ1n) is 6.77. The number of carbonyl (C=O) groups excluding carboxylic acids is 1. The summed E-state index contributed by atoms with van der Waals surface area (Å²) in [5, 5.41) is 3.37. The molecule has 1 aliphatic heterocycles. The summed E-state index contributed by atoms with van der Waals surface area (Å²) < 4.78 is 1.05. The van der Waals surface area contributed by atoms with Crippen LogP contribution in [0.15, 0.2) is 28.7 Å². The zero-order valence-electron chi connectivity index (χ0n) is 12.0. The van der Waals surface area contributed by atoms with Gasteiger partial charge in [0.15, 0.2) is 0 Å². The summed E-state index contributed by atoms with van der Waals surface area (Å²) in [5.74, 6) is 0.183. The van der Waals surface area contributed by atoms with Crippen LogP contribution in [-0.4, -0.2) is 29.9 Å². The summed E-state index contributed by atoms with van der Waals surface area (Å²) in [6.45, 7) is 3.59. The number of likely N-dealkylation sites (N-methyl/N-ethyl adjacent to an activating group) is 1. The van der Waals surface area contributed by atoms with Gasteiger partial charge in [0.25, 0.3) is 0 Å². The molecule has 2 rings (SSSR count). The van der Waals surface area contributed by atoms with Crippen LogP contribution in [-0.2, 0) is 11.3 Å². The number of carbonyl (C=O) groups is 1. The van der Waals surface area contributed by atoms with Gasteiger partial charge in [-0.1, -0.05) is 34.1 Å². The van der Waals surface area contributed by atoms with Gasteiger partial charge in [-0.05, 0) is 44.4 Å². The quantitative estimate of drug-likeness (QED) is 0.895. The van der Waals surface area contributed by atoms with E-state index >= 15 is 0 Å². The molecule has 112 valence electrons. The maximum Gasteiger partial charge on any atom is 0.242 e. The summed E-state index contributed by atoms with van der Waals surface area (Å²) in [7, 11) is 1.88. The Morgan fingerprint density at radius 2 is 2.10 bits per heavy atom. The van der Waals surface area contributed by atoms with Gasteiger partial charge in [-0.15, -0.1) is 12.4 Å². The van der Waals surface area contributed by atoms with Crippen LogP contribution in [0.5, 0.6) is 0 Å². The van der Waals surface area contributed by atoms with Gasteiger partial charge in [-0.25, -0.2) is 0 Å². The highest BCUT2D eigenvalue weighted by atomic mass is 79.9. The van der Waals surface area contributed by atoms with Crippen LogP contribution in [0.4, 0.5) is 0 Å². The highest BCUT2D eigenvalue weighted by Gasteiger charge is 2.36. The lowest BCUT2D eigenvalue weighted by Gasteiger charge is -2.36. The fraction of sp³-hybridized carbons (Fsp3) is 0.533. The number of halogens is 2. The first-order chi connectivity index (χ1) is 9.03. The normalized spacial score (nSPS) is 21.9. The predicted molar refractivity (Wildman–Crippen MR) is 88.1 cm³/mol. The minimum Gasteiger partial charge on any atom is -0.340 e. The van der Waals surface area contributed by atoms with E-state index < -0.39 is 5.54 Å². The second-order valence-corrected chi connectivity index (χ2v) is 6.32. The zero-order chi connectivity index (χ0) is 13.9. The fourth-order valence-corrected chi connectivity index (χ4v) is 3.02. The molecule has 1 N–H and O–H groups in total. The first kappa shape index (κ1) is 17.5. The summed E-state index contributed by atoms with van der Waals surface area (Å²) in [6, 6.07) is 8.04. The second-order valence-electron chi connectivity index (χ2n) is 5.47. The topological polar surface area (TPSA) is 32.3 Å². The standard InChI is InChI=1S/C15H21BrN2O.ClH/c1-15(9-5-6-10-17-15)14(19)18(2)11-12-7-3-4-8-13(12)16;/h3-4,7-8,17H,5-6,9-11H2,1-2H3;1H. The molecule has 0 bridgehead atoms. The zero-order valence-corrected chi connectivity index (χ0v) is 14.4. The second kappa shape index (κ2) is 7.43. The molecular weight excluding hydrogens is 340 g/mol. The van der Waals surface area contributed by atoms with Crippen LogP contribution < -0.4 is 5.32 Å². The molecule has 1 heterocycles. The SMILES string of the molecule is CN(Cc1ccccc1Br)C(=O)C1(C)CCCCN1.Cl. The summed E-state index contributed by atoms with van der Waals surface area (Å²) in [4.78, 5) is 14.4. The Kier molecular flexibility index (Phi) is 6.49. The van der Waals surface area contributed by atoms with Crippen molar-refractivity contribution in [1.29, 1.82) is 0 Å². The van der Waals surface area contributed by atoms with E-state index in [9.17, 15) is 4.79 Å². The lowest BCUT2D eigenvalue weighted by molar-refractivity contribution is -0.137. The van der Waals surface area contributed by atoms with Crippen molar-refractivity contribution in [3.8, 4) is 0 Å². The minimum atomic E-state index is -0.395. The van der Waals surface area contributed by atoms with Crippen molar-refractivity contribution in [2.45, 2.75) is 38.3 Å². The third-order valence-corrected chi connectivity index (χ3v) is 4.58. The van der Waals surface area contributed by atoms with E-state index in [0.717, 1.165) is 35.8 Å². The van der Waals surface area contributed by atoms with Gasteiger partial charge in [0.1, 0.15) is 0 Å². The molecular formula is C15H22BrClN2O. The van der Waals surface area contributed by atoms with E-state index in [4.69, 9.17) is 0 Å². The van der Waals surface area contributed by atoms with Crippen molar-refractivity contribution in [3.63, 3.8) is 0 Å². The third-order valence-electron chi connectivity index (χ3n) is 3.80. The van der Waals surface area contributed by atoms with Crippen LogP contribution in [0.1, 0.15) is 31.7 Å². The van der Waals surface area contributed by atoms with Crippen molar-refractivity contribution in [2.75, 3.05) is 13.6 Å². The van der Waals surface area contributed by atoms with Crippen molar-refractivity contribution >= 4 is 34.2 Å². The predicted octanol–water partition coefficient (Wildman–Crippen LogP) is 3.36. The molecule has 1 aromatic rings. The smallest absolute Gasteiger partial charge is 0.242 e. The van der Waals surface area contributed by atoms with Crippen molar-refractivity contribution in [1.82, 2.24) is 10.2 Å². The van der Waals surface area contributed by atoms with Crippen LogP contribution in [0.2, 0.25) is 0 Å². The fourth-order valence-electron chi connectivity index (χ4n) is 2.61. The van der Waals surface area contributed by atoms with Crippen molar-refractivity contribution in [2.24, 2.45) is 0 Å². The van der Waals surface area contributed by atoms with Gasteiger partial charge in [0.05, 0.1) is 5.54 Å². The Labute approximate surface area is 135 Å². The van der Waals surface area contributed by atoms with Crippen LogP contribution in [0, 0.1) is 0 Å². The van der Waals surface area contributed by atoms with Gasteiger partial charge >= 0.3 is 0 Å². The molecule has 1 aromatic carbocycles. The number of hydrogen-bond donors (Lipinski definition) is 1. The van der Waals surface area contributed by atoms with Crippen LogP contribution in [0.3, 0.4) is 0 Å². The molecule has 0 aromatic heterocycles. The van der Waals surface area contributed by atoms with Gasteiger partial charge < -0.3 is 10.2 Å². The van der Waals surface area contributed by atoms with E-state index in [-0.39, 0.29) is 18.3 Å². The molecule has 1 fully saturated rings. The Morgan fingerprint density at radius 3 is 2.70 bits per heavy atom. The van der Waals surface area contributed by atoms with E-state index in [1.165, 1.54) is 0 Å². The lowest BCUT2D eigenvalue weighted by atomic mass is 9.89. The Hall–Kier alpha value is -0.580. The number of nitrogens with zero attached hydrogens (tertiary/aromatic N) is 1. The average molecular weight is 362 g/mol. The molecule has 0 aliphatic carbocycles. The molecule has 0 spiro atoms. The van der Waals surface area contributed by atoms with Crippen LogP contribution >= 0.6 is 28.3 Å². The maximum absolute atomic E-state index is 12.6. The number of nitrogens with one attached hydrogen (secondary N) is 1. The first-order valence-corrected chi connectivity index (χ1v) is 7.56. The molecule has 5 heteroatoms. The number of benzene rings is 1. The maximum atomic E-state index is 12.6. The number of rotatable bonds is 3. The van der Waals surface area contributed by atoms with E-state index in [2.05, 4.69) is 21.2 Å². The molecule has 1 atom stereocenters. The highest BCUT2D eigenvalue weighted by molar-refractivity contribution is 9.10. The molecule has 1 unspecified atom stereocenters. The molecule has 1 amide bonds. The Morgan fingerprint density at radius 1 is 1.40 bits per heavy atom. The van der Waals surface area contributed by atoms with Crippen molar-refractivity contribution in [3.05, 3.63) is 34.3 Å². The third kappa shape index (κ3) is 3.96. The molecule has 0 saturated carbocycles. The molecule has 0 radical (unpaired) electrons.